The molecule has 7 atom stereocenters. The summed E-state index contributed by atoms with van der Waals surface area (Å²) in [6, 6.07) is 9.90. The SMILES string of the molecule is CC(C)[C@@]12C[C@@H](O[Si](C)(C)C(C)(C)C)[C@@](C)(O1)[C@@H]1CC[C@@H](C)[C@H]1[C@@H]2OC(=O)/C=C/c1ccccc1. The van der Waals surface area contributed by atoms with E-state index in [1.165, 1.54) is 0 Å². The summed E-state index contributed by atoms with van der Waals surface area (Å²) in [5.74, 6) is 1.04. The van der Waals surface area contributed by atoms with Gasteiger partial charge in [-0.05, 0) is 67.3 Å². The molecule has 2 heterocycles. The Kier molecular flexibility index (Phi) is 6.96. The van der Waals surface area contributed by atoms with Crippen molar-refractivity contribution in [2.45, 2.75) is 109 Å². The molecule has 2 bridgehead atoms. The second-order valence-electron chi connectivity index (χ2n) is 13.3. The molecule has 0 amide bonds. The first kappa shape index (κ1) is 26.6. The minimum absolute atomic E-state index is 0.0205. The van der Waals surface area contributed by atoms with Crippen molar-refractivity contribution < 1.29 is 18.7 Å². The molecule has 2 saturated heterocycles. The number of hydrogen-bond donors (Lipinski definition) is 0. The van der Waals surface area contributed by atoms with Crippen LogP contribution in [0.3, 0.4) is 0 Å². The van der Waals surface area contributed by atoms with Gasteiger partial charge >= 0.3 is 5.97 Å². The van der Waals surface area contributed by atoms with Gasteiger partial charge in [-0.25, -0.2) is 4.79 Å². The summed E-state index contributed by atoms with van der Waals surface area (Å²) in [5, 5.41) is 0.127. The number of ether oxygens (including phenoxy) is 2. The van der Waals surface area contributed by atoms with Crippen molar-refractivity contribution in [2.24, 2.45) is 23.7 Å². The van der Waals surface area contributed by atoms with E-state index >= 15 is 0 Å². The molecule has 2 aliphatic heterocycles. The molecular formula is C30H46O4Si. The van der Waals surface area contributed by atoms with Crippen LogP contribution < -0.4 is 0 Å². The molecule has 1 aromatic rings. The first-order valence-corrected chi connectivity index (χ1v) is 16.4. The molecule has 0 spiro atoms. The number of carbonyl (C=O) groups is 1. The van der Waals surface area contributed by atoms with Gasteiger partial charge in [-0.3, -0.25) is 0 Å². The van der Waals surface area contributed by atoms with E-state index in [4.69, 9.17) is 13.9 Å². The molecule has 4 rings (SSSR count). The zero-order valence-corrected chi connectivity index (χ0v) is 24.3. The van der Waals surface area contributed by atoms with Crippen LogP contribution in [0.4, 0.5) is 0 Å². The Morgan fingerprint density at radius 1 is 1.17 bits per heavy atom. The van der Waals surface area contributed by atoms with E-state index in [1.807, 2.05) is 36.4 Å². The highest BCUT2D eigenvalue weighted by atomic mass is 28.4. The van der Waals surface area contributed by atoms with Gasteiger partial charge in [-0.15, -0.1) is 0 Å². The molecular weight excluding hydrogens is 452 g/mol. The fourth-order valence-corrected chi connectivity index (χ4v) is 8.05. The van der Waals surface area contributed by atoms with Crippen LogP contribution in [0.5, 0.6) is 0 Å². The zero-order valence-electron chi connectivity index (χ0n) is 23.3. The monoisotopic (exact) mass is 498 g/mol. The average Bonchev–Trinajstić information content (AvgIpc) is 3.28. The molecule has 0 unspecified atom stereocenters. The van der Waals surface area contributed by atoms with Crippen molar-refractivity contribution in [3.05, 3.63) is 42.0 Å². The van der Waals surface area contributed by atoms with Gasteiger partial charge in [0.15, 0.2) is 8.32 Å². The standard InChI is InChI=1S/C30H46O4Si/c1-20(2)30-19-24(33-35(8,9)28(4,5)6)29(7,34-30)23-17-15-21(3)26(23)27(30)32-25(31)18-16-22-13-11-10-12-14-22/h10-14,16,18,20-21,23-24,26-27H,15,17,19H2,1-9H3/b18-16+/t21-,23-,24-,26-,27+,29+,30-/m1/s1. The molecule has 194 valence electrons. The van der Waals surface area contributed by atoms with Gasteiger partial charge in [0.2, 0.25) is 0 Å². The van der Waals surface area contributed by atoms with E-state index in [0.29, 0.717) is 17.8 Å². The maximum atomic E-state index is 13.2. The van der Waals surface area contributed by atoms with Crippen molar-refractivity contribution in [1.82, 2.24) is 0 Å². The van der Waals surface area contributed by atoms with Crippen LogP contribution in [0.2, 0.25) is 18.1 Å². The van der Waals surface area contributed by atoms with Gasteiger partial charge < -0.3 is 13.9 Å². The van der Waals surface area contributed by atoms with Crippen LogP contribution >= 0.6 is 0 Å². The van der Waals surface area contributed by atoms with E-state index in [2.05, 4.69) is 61.6 Å². The lowest BCUT2D eigenvalue weighted by atomic mass is 9.69. The molecule has 4 nitrogen and oxygen atoms in total. The Morgan fingerprint density at radius 3 is 2.43 bits per heavy atom. The van der Waals surface area contributed by atoms with Gasteiger partial charge in [0.25, 0.3) is 0 Å². The average molecular weight is 499 g/mol. The highest BCUT2D eigenvalue weighted by Crippen LogP contribution is 2.63. The van der Waals surface area contributed by atoms with Gasteiger partial charge in [0.05, 0.1) is 11.7 Å². The van der Waals surface area contributed by atoms with Crippen LogP contribution in [-0.2, 0) is 18.7 Å². The molecule has 3 aliphatic rings. The summed E-state index contributed by atoms with van der Waals surface area (Å²) in [5.41, 5.74) is 0.113. The third-order valence-corrected chi connectivity index (χ3v) is 14.3. The van der Waals surface area contributed by atoms with Crippen LogP contribution in [0, 0.1) is 23.7 Å². The number of fused-ring (bicyclic) bond motifs is 4. The van der Waals surface area contributed by atoms with E-state index in [-0.39, 0.29) is 34.7 Å². The zero-order chi connectivity index (χ0) is 25.8. The molecule has 5 heteroatoms. The summed E-state index contributed by atoms with van der Waals surface area (Å²) >= 11 is 0. The Labute approximate surface area is 213 Å². The van der Waals surface area contributed by atoms with Gasteiger partial charge in [-0.2, -0.15) is 0 Å². The number of carbonyl (C=O) groups excluding carboxylic acids is 1. The molecule has 0 aromatic heterocycles. The molecule has 35 heavy (non-hydrogen) atoms. The largest absolute Gasteiger partial charge is 0.456 e. The lowest BCUT2D eigenvalue weighted by molar-refractivity contribution is -0.263. The summed E-state index contributed by atoms with van der Waals surface area (Å²) in [4.78, 5) is 13.2. The van der Waals surface area contributed by atoms with E-state index in [9.17, 15) is 4.79 Å². The Balaban J connectivity index is 1.67. The van der Waals surface area contributed by atoms with Crippen LogP contribution in [-0.4, -0.2) is 37.7 Å². The lowest BCUT2D eigenvalue weighted by Crippen LogP contribution is -2.62. The third-order valence-electron chi connectivity index (χ3n) is 9.85. The minimum atomic E-state index is -2.01. The lowest BCUT2D eigenvalue weighted by Gasteiger charge is -2.53. The first-order chi connectivity index (χ1) is 16.2. The molecule has 0 radical (unpaired) electrons. The van der Waals surface area contributed by atoms with Gasteiger partial charge in [0.1, 0.15) is 11.7 Å². The predicted molar refractivity (Wildman–Crippen MR) is 144 cm³/mol. The predicted octanol–water partition coefficient (Wildman–Crippen LogP) is 7.25. The molecule has 1 saturated carbocycles. The molecule has 1 aromatic carbocycles. The molecule has 1 aliphatic carbocycles. The second kappa shape index (κ2) is 9.15. The van der Waals surface area contributed by atoms with Crippen LogP contribution in [0.25, 0.3) is 6.08 Å². The van der Waals surface area contributed by atoms with Crippen molar-refractivity contribution in [3.8, 4) is 0 Å². The molecule has 0 N–H and O–H groups in total. The quantitative estimate of drug-likeness (QED) is 0.235. The summed E-state index contributed by atoms with van der Waals surface area (Å²) in [6.45, 7) is 20.6. The number of hydrogen-bond acceptors (Lipinski definition) is 4. The first-order valence-electron chi connectivity index (χ1n) is 13.5. The molecule has 3 fully saturated rings. The Morgan fingerprint density at radius 2 is 1.83 bits per heavy atom. The van der Waals surface area contributed by atoms with Crippen LogP contribution in [0.1, 0.15) is 73.3 Å². The smallest absolute Gasteiger partial charge is 0.331 e. The van der Waals surface area contributed by atoms with Gasteiger partial charge in [0, 0.05) is 18.4 Å². The van der Waals surface area contributed by atoms with Gasteiger partial charge in [-0.1, -0.05) is 71.9 Å². The van der Waals surface area contributed by atoms with Crippen molar-refractivity contribution in [2.75, 3.05) is 0 Å². The maximum absolute atomic E-state index is 13.2. The Hall–Kier alpha value is -1.43. The summed E-state index contributed by atoms with van der Waals surface area (Å²) < 4.78 is 20.6. The highest BCUT2D eigenvalue weighted by molar-refractivity contribution is 6.74. The summed E-state index contributed by atoms with van der Waals surface area (Å²) in [6.07, 6.45) is 6.19. The van der Waals surface area contributed by atoms with E-state index in [1.54, 1.807) is 6.08 Å². The normalized spacial score (nSPS) is 37.1. The maximum Gasteiger partial charge on any atom is 0.331 e. The van der Waals surface area contributed by atoms with Crippen molar-refractivity contribution in [1.29, 1.82) is 0 Å². The highest BCUT2D eigenvalue weighted by Gasteiger charge is 2.72. The summed E-state index contributed by atoms with van der Waals surface area (Å²) in [7, 11) is -2.01. The Bertz CT molecular complexity index is 949. The van der Waals surface area contributed by atoms with Crippen molar-refractivity contribution >= 4 is 20.4 Å². The fourth-order valence-electron chi connectivity index (χ4n) is 6.67. The number of benzene rings is 1. The van der Waals surface area contributed by atoms with E-state index < -0.39 is 13.9 Å². The minimum Gasteiger partial charge on any atom is -0.456 e. The third kappa shape index (κ3) is 4.57. The fraction of sp³-hybridized carbons (Fsp3) is 0.700. The second-order valence-corrected chi connectivity index (χ2v) is 18.1. The number of rotatable bonds is 6. The van der Waals surface area contributed by atoms with E-state index in [0.717, 1.165) is 24.8 Å². The topological polar surface area (TPSA) is 44.8 Å². The van der Waals surface area contributed by atoms with Crippen molar-refractivity contribution in [3.63, 3.8) is 0 Å². The number of esters is 1. The van der Waals surface area contributed by atoms with Crippen LogP contribution in [0.15, 0.2) is 36.4 Å².